The normalized spacial score (nSPS) is 17.9. The molecule has 1 aliphatic rings. The molecule has 1 amide bonds. The molecule has 1 aromatic heterocycles. The summed E-state index contributed by atoms with van der Waals surface area (Å²) in [5, 5.41) is 11.4. The molecule has 1 atom stereocenters. The summed E-state index contributed by atoms with van der Waals surface area (Å²) in [7, 11) is 3.20. The number of hydrogen-bond donors (Lipinski definition) is 1. The number of ketones is 1. The number of rotatable bonds is 8. The molecule has 2 aromatic rings. The summed E-state index contributed by atoms with van der Waals surface area (Å²) in [5.74, 6) is -0.631. The molecule has 1 unspecified atom stereocenters. The zero-order valence-corrected chi connectivity index (χ0v) is 19.2. The number of Topliss-reactive ketones (excluding diaryl/α,β-unsaturated/α-hetero) is 1. The number of aliphatic hydroxyl groups is 1. The second-order valence-electron chi connectivity index (χ2n) is 8.18. The monoisotopic (exact) mass is 438 g/mol. The molecule has 7 heteroatoms. The summed E-state index contributed by atoms with van der Waals surface area (Å²) in [6.45, 7) is 6.70. The van der Waals surface area contributed by atoms with E-state index in [0.29, 0.717) is 30.7 Å². The third kappa shape index (κ3) is 4.39. The highest BCUT2D eigenvalue weighted by atomic mass is 16.5. The minimum Gasteiger partial charge on any atom is -0.507 e. The molecule has 1 N–H and O–H groups in total. The van der Waals surface area contributed by atoms with Crippen LogP contribution < -0.4 is 4.74 Å². The van der Waals surface area contributed by atoms with E-state index < -0.39 is 17.7 Å². The van der Waals surface area contributed by atoms with Crippen LogP contribution in [0.15, 0.2) is 42.2 Å². The highest BCUT2D eigenvalue weighted by molar-refractivity contribution is 6.46. The van der Waals surface area contributed by atoms with Gasteiger partial charge in [-0.05, 0) is 60.2 Å². The largest absolute Gasteiger partial charge is 0.507 e. The van der Waals surface area contributed by atoms with Crippen molar-refractivity contribution in [3.05, 3.63) is 64.5 Å². The molecule has 1 aromatic carbocycles. The summed E-state index contributed by atoms with van der Waals surface area (Å²) in [6, 6.07) is 6.51. The van der Waals surface area contributed by atoms with Gasteiger partial charge in [0.1, 0.15) is 11.5 Å². The van der Waals surface area contributed by atoms with Crippen molar-refractivity contribution in [3.63, 3.8) is 0 Å². The van der Waals surface area contributed by atoms with E-state index in [1.807, 2.05) is 32.9 Å². The SMILES string of the molecule is COCCCN1C(=O)C(=O)/C(=C(/O)c2cc(C(C)C)c(OC)cc2C)C1c1ccncc1. The van der Waals surface area contributed by atoms with Crippen molar-refractivity contribution in [1.82, 2.24) is 9.88 Å². The van der Waals surface area contributed by atoms with Crippen molar-refractivity contribution in [3.8, 4) is 5.75 Å². The van der Waals surface area contributed by atoms with Crippen LogP contribution in [-0.2, 0) is 14.3 Å². The molecule has 3 rings (SSSR count). The average Bonchev–Trinajstić information content (AvgIpc) is 3.04. The first kappa shape index (κ1) is 23.5. The van der Waals surface area contributed by atoms with Crippen LogP contribution in [0.2, 0.25) is 0 Å². The Balaban J connectivity index is 2.19. The molecule has 7 nitrogen and oxygen atoms in total. The molecule has 1 aliphatic heterocycles. The van der Waals surface area contributed by atoms with Crippen LogP contribution >= 0.6 is 0 Å². The van der Waals surface area contributed by atoms with Gasteiger partial charge >= 0.3 is 0 Å². The van der Waals surface area contributed by atoms with Gasteiger partial charge in [-0.15, -0.1) is 0 Å². The number of benzene rings is 1. The standard InChI is InChI=1S/C25H30N2O5/c1-15(2)18-14-19(16(3)13-20(18)32-5)23(28)21-22(17-7-9-26-10-8-17)27(11-6-12-31-4)25(30)24(21)29/h7-10,13-15,22,28H,6,11-12H2,1-5H3/b23-21+. The molecule has 1 fully saturated rings. The van der Waals surface area contributed by atoms with E-state index >= 15 is 0 Å². The van der Waals surface area contributed by atoms with Crippen molar-refractivity contribution >= 4 is 17.4 Å². The first-order valence-electron chi connectivity index (χ1n) is 10.7. The Hall–Kier alpha value is -3.19. The van der Waals surface area contributed by atoms with Gasteiger partial charge in [0.25, 0.3) is 11.7 Å². The molecular formula is C25H30N2O5. The van der Waals surface area contributed by atoms with Gasteiger partial charge < -0.3 is 19.5 Å². The first-order chi connectivity index (χ1) is 15.3. The maximum Gasteiger partial charge on any atom is 0.295 e. The van der Waals surface area contributed by atoms with Crippen molar-refractivity contribution < 1.29 is 24.2 Å². The minimum atomic E-state index is -0.696. The second kappa shape index (κ2) is 9.96. The van der Waals surface area contributed by atoms with Crippen LogP contribution in [0.4, 0.5) is 0 Å². The van der Waals surface area contributed by atoms with Crippen molar-refractivity contribution in [2.45, 2.75) is 39.2 Å². The lowest BCUT2D eigenvalue weighted by Gasteiger charge is -2.25. The van der Waals surface area contributed by atoms with E-state index in [2.05, 4.69) is 4.98 Å². The number of carbonyl (C=O) groups excluding carboxylic acids is 2. The first-order valence-corrected chi connectivity index (χ1v) is 10.7. The van der Waals surface area contributed by atoms with Gasteiger partial charge in [0, 0.05) is 38.2 Å². The highest BCUT2D eigenvalue weighted by Gasteiger charge is 2.46. The topological polar surface area (TPSA) is 89.0 Å². The summed E-state index contributed by atoms with van der Waals surface area (Å²) in [6.07, 6.45) is 3.80. The molecule has 32 heavy (non-hydrogen) atoms. The minimum absolute atomic E-state index is 0.0848. The number of amides is 1. The summed E-state index contributed by atoms with van der Waals surface area (Å²) < 4.78 is 10.6. The molecule has 0 bridgehead atoms. The molecule has 0 saturated carbocycles. The Morgan fingerprint density at radius 1 is 1.19 bits per heavy atom. The average molecular weight is 439 g/mol. The Morgan fingerprint density at radius 2 is 1.88 bits per heavy atom. The van der Waals surface area contributed by atoms with E-state index in [0.717, 1.165) is 16.9 Å². The predicted molar refractivity (Wildman–Crippen MR) is 122 cm³/mol. The number of aromatic nitrogens is 1. The lowest BCUT2D eigenvalue weighted by molar-refractivity contribution is -0.140. The molecule has 0 spiro atoms. The number of methoxy groups -OCH3 is 2. The van der Waals surface area contributed by atoms with Crippen molar-refractivity contribution in [2.75, 3.05) is 27.4 Å². The second-order valence-corrected chi connectivity index (χ2v) is 8.18. The van der Waals surface area contributed by atoms with Crippen LogP contribution in [0.3, 0.4) is 0 Å². The van der Waals surface area contributed by atoms with Crippen LogP contribution in [0.25, 0.3) is 5.76 Å². The van der Waals surface area contributed by atoms with Gasteiger partial charge in [0.15, 0.2) is 0 Å². The van der Waals surface area contributed by atoms with Gasteiger partial charge in [-0.1, -0.05) is 13.8 Å². The van der Waals surface area contributed by atoms with Crippen LogP contribution in [0, 0.1) is 6.92 Å². The summed E-state index contributed by atoms with van der Waals surface area (Å²) in [5.41, 5.74) is 2.98. The van der Waals surface area contributed by atoms with Crippen LogP contribution in [-0.4, -0.2) is 54.1 Å². The van der Waals surface area contributed by atoms with E-state index in [1.165, 1.54) is 4.90 Å². The summed E-state index contributed by atoms with van der Waals surface area (Å²) in [4.78, 5) is 31.6. The maximum atomic E-state index is 13.1. The number of nitrogens with zero attached hydrogens (tertiary/aromatic N) is 2. The fourth-order valence-electron chi connectivity index (χ4n) is 4.11. The lowest BCUT2D eigenvalue weighted by atomic mass is 9.91. The molecule has 0 aliphatic carbocycles. The van der Waals surface area contributed by atoms with Crippen molar-refractivity contribution in [2.24, 2.45) is 0 Å². The molecule has 170 valence electrons. The smallest absolute Gasteiger partial charge is 0.295 e. The number of likely N-dealkylation sites (tertiary alicyclic amines) is 1. The van der Waals surface area contributed by atoms with Gasteiger partial charge in [0.05, 0.1) is 18.7 Å². The Labute approximate surface area is 188 Å². The van der Waals surface area contributed by atoms with Crippen molar-refractivity contribution in [1.29, 1.82) is 0 Å². The number of aliphatic hydroxyl groups excluding tert-OH is 1. The zero-order chi connectivity index (χ0) is 23.4. The van der Waals surface area contributed by atoms with Gasteiger partial charge in [0.2, 0.25) is 0 Å². The number of hydrogen-bond acceptors (Lipinski definition) is 6. The van der Waals surface area contributed by atoms with E-state index in [9.17, 15) is 14.7 Å². The number of carbonyl (C=O) groups is 2. The number of pyridine rings is 1. The third-order valence-corrected chi connectivity index (χ3v) is 5.76. The Morgan fingerprint density at radius 3 is 2.47 bits per heavy atom. The number of ether oxygens (including phenoxy) is 2. The zero-order valence-electron chi connectivity index (χ0n) is 19.2. The Kier molecular flexibility index (Phi) is 7.30. The highest BCUT2D eigenvalue weighted by Crippen LogP contribution is 2.41. The van der Waals surface area contributed by atoms with Crippen LogP contribution in [0.5, 0.6) is 5.75 Å². The Bertz CT molecular complexity index is 1030. The maximum absolute atomic E-state index is 13.1. The van der Waals surface area contributed by atoms with Gasteiger partial charge in [-0.25, -0.2) is 0 Å². The predicted octanol–water partition coefficient (Wildman–Crippen LogP) is 3.98. The fourth-order valence-corrected chi connectivity index (χ4v) is 4.11. The lowest BCUT2D eigenvalue weighted by Crippen LogP contribution is -2.31. The fraction of sp³-hybridized carbons (Fsp3) is 0.400. The van der Waals surface area contributed by atoms with Gasteiger partial charge in [-0.3, -0.25) is 14.6 Å². The van der Waals surface area contributed by atoms with E-state index in [-0.39, 0.29) is 17.3 Å². The van der Waals surface area contributed by atoms with E-state index in [1.54, 1.807) is 38.7 Å². The van der Waals surface area contributed by atoms with Gasteiger partial charge in [-0.2, -0.15) is 0 Å². The number of aryl methyl sites for hydroxylation is 1. The third-order valence-electron chi connectivity index (χ3n) is 5.76. The van der Waals surface area contributed by atoms with E-state index in [4.69, 9.17) is 9.47 Å². The molecule has 2 heterocycles. The molecular weight excluding hydrogens is 408 g/mol. The summed E-state index contributed by atoms with van der Waals surface area (Å²) >= 11 is 0. The van der Waals surface area contributed by atoms with Crippen LogP contribution in [0.1, 0.15) is 54.5 Å². The quantitative estimate of drug-likeness (QED) is 0.290. The molecule has 0 radical (unpaired) electrons. The molecule has 1 saturated heterocycles.